The first-order valence-corrected chi connectivity index (χ1v) is 9.80. The van der Waals surface area contributed by atoms with Crippen molar-refractivity contribution in [1.29, 1.82) is 0 Å². The minimum Gasteiger partial charge on any atom is -0.366 e. The summed E-state index contributed by atoms with van der Waals surface area (Å²) in [6, 6.07) is 11.7. The number of aromatic amines is 1. The number of amides is 2. The fourth-order valence-corrected chi connectivity index (χ4v) is 3.34. The lowest BCUT2D eigenvalue weighted by Gasteiger charge is -2.23. The van der Waals surface area contributed by atoms with Crippen molar-refractivity contribution in [3.05, 3.63) is 71.4 Å². The van der Waals surface area contributed by atoms with Gasteiger partial charge in [-0.25, -0.2) is 0 Å². The van der Waals surface area contributed by atoms with E-state index in [1.165, 1.54) is 12.1 Å². The highest BCUT2D eigenvalue weighted by atomic mass is 19.4. The van der Waals surface area contributed by atoms with E-state index in [-0.39, 0.29) is 17.5 Å². The molecular weight excluding hydrogens is 409 g/mol. The summed E-state index contributed by atoms with van der Waals surface area (Å²) in [5.41, 5.74) is 6.03. The summed E-state index contributed by atoms with van der Waals surface area (Å²) in [4.78, 5) is 25.7. The molecule has 2 aromatic carbocycles. The van der Waals surface area contributed by atoms with Gasteiger partial charge in [0.2, 0.25) is 0 Å². The van der Waals surface area contributed by atoms with Crippen molar-refractivity contribution in [2.24, 2.45) is 5.73 Å². The first kappa shape index (κ1) is 22.4. The van der Waals surface area contributed by atoms with Gasteiger partial charge in [-0.2, -0.15) is 13.2 Å². The first-order valence-electron chi connectivity index (χ1n) is 9.80. The van der Waals surface area contributed by atoms with E-state index in [0.717, 1.165) is 42.4 Å². The Bertz CT molecular complexity index is 1040. The van der Waals surface area contributed by atoms with Gasteiger partial charge in [0, 0.05) is 29.7 Å². The van der Waals surface area contributed by atoms with E-state index in [0.29, 0.717) is 12.1 Å². The summed E-state index contributed by atoms with van der Waals surface area (Å²) in [6.07, 6.45) is -0.712. The van der Waals surface area contributed by atoms with E-state index in [1.807, 2.05) is 18.2 Å². The zero-order chi connectivity index (χ0) is 22.4. The second-order valence-electron chi connectivity index (χ2n) is 7.20. The molecule has 3 aromatic rings. The van der Waals surface area contributed by atoms with Crippen molar-refractivity contribution in [3.8, 4) is 0 Å². The Kier molecular flexibility index (Phi) is 6.96. The van der Waals surface area contributed by atoms with Crippen LogP contribution in [0.4, 0.5) is 13.2 Å². The maximum atomic E-state index is 12.4. The van der Waals surface area contributed by atoms with Crippen LogP contribution in [-0.4, -0.2) is 35.9 Å². The van der Waals surface area contributed by atoms with Gasteiger partial charge in [0.05, 0.1) is 16.6 Å². The Balaban J connectivity index is 0.000000194. The molecular formula is C22H23F3N4O2. The molecule has 9 heteroatoms. The summed E-state index contributed by atoms with van der Waals surface area (Å²) in [5.74, 6) is -0.731. The van der Waals surface area contributed by atoms with Gasteiger partial charge in [-0.15, -0.1) is 0 Å². The predicted octanol–water partition coefficient (Wildman–Crippen LogP) is 3.45. The number of H-pyrrole nitrogens is 1. The van der Waals surface area contributed by atoms with Gasteiger partial charge in [0.25, 0.3) is 11.8 Å². The molecule has 1 aromatic heterocycles. The van der Waals surface area contributed by atoms with Crippen LogP contribution in [0.3, 0.4) is 0 Å². The monoisotopic (exact) mass is 432 g/mol. The van der Waals surface area contributed by atoms with Gasteiger partial charge in [0.1, 0.15) is 0 Å². The Morgan fingerprint density at radius 2 is 1.81 bits per heavy atom. The largest absolute Gasteiger partial charge is 0.416 e. The number of carbonyl (C=O) groups is 2. The van der Waals surface area contributed by atoms with Crippen molar-refractivity contribution in [2.75, 3.05) is 13.1 Å². The van der Waals surface area contributed by atoms with Gasteiger partial charge in [-0.3, -0.25) is 9.59 Å². The predicted molar refractivity (Wildman–Crippen MR) is 112 cm³/mol. The average molecular weight is 432 g/mol. The molecule has 1 aliphatic heterocycles. The summed E-state index contributed by atoms with van der Waals surface area (Å²) in [5, 5.41) is 6.97. The van der Waals surface area contributed by atoms with E-state index in [1.54, 1.807) is 12.3 Å². The minimum absolute atomic E-state index is 0.0449. The van der Waals surface area contributed by atoms with Crippen molar-refractivity contribution in [2.45, 2.75) is 25.1 Å². The lowest BCUT2D eigenvalue weighted by atomic mass is 10.1. The first-order chi connectivity index (χ1) is 14.8. The fourth-order valence-electron chi connectivity index (χ4n) is 3.34. The number of aromatic nitrogens is 1. The van der Waals surface area contributed by atoms with E-state index < -0.39 is 17.6 Å². The third-order valence-electron chi connectivity index (χ3n) is 4.96. The van der Waals surface area contributed by atoms with Crippen LogP contribution >= 0.6 is 0 Å². The number of rotatable bonds is 3. The highest BCUT2D eigenvalue weighted by Crippen LogP contribution is 2.29. The Morgan fingerprint density at radius 3 is 2.42 bits per heavy atom. The number of halogens is 3. The molecule has 0 bridgehead atoms. The maximum Gasteiger partial charge on any atom is 0.416 e. The molecule has 2 heterocycles. The zero-order valence-electron chi connectivity index (χ0n) is 16.6. The van der Waals surface area contributed by atoms with Gasteiger partial charge < -0.3 is 21.4 Å². The second kappa shape index (κ2) is 9.65. The average Bonchev–Trinajstić information content (AvgIpc) is 3.23. The fraction of sp³-hybridized carbons (Fsp3) is 0.273. The molecule has 2 amide bonds. The molecule has 1 saturated heterocycles. The Hall–Kier alpha value is -3.33. The molecule has 6 nitrogen and oxygen atoms in total. The van der Waals surface area contributed by atoms with Gasteiger partial charge in [-0.1, -0.05) is 12.1 Å². The van der Waals surface area contributed by atoms with Crippen LogP contribution in [0, 0.1) is 0 Å². The van der Waals surface area contributed by atoms with E-state index in [9.17, 15) is 22.8 Å². The van der Waals surface area contributed by atoms with Crippen LogP contribution in [0.2, 0.25) is 0 Å². The van der Waals surface area contributed by atoms with Gasteiger partial charge >= 0.3 is 6.18 Å². The number of hydrogen-bond acceptors (Lipinski definition) is 3. The molecule has 5 N–H and O–H groups in total. The summed E-state index contributed by atoms with van der Waals surface area (Å²) >= 11 is 0. The number of hydrogen-bond donors (Lipinski definition) is 4. The van der Waals surface area contributed by atoms with Crippen LogP contribution in [0.1, 0.15) is 39.1 Å². The van der Waals surface area contributed by atoms with E-state index in [2.05, 4.69) is 15.6 Å². The highest BCUT2D eigenvalue weighted by molar-refractivity contribution is 6.04. The van der Waals surface area contributed by atoms with E-state index >= 15 is 0 Å². The van der Waals surface area contributed by atoms with Crippen LogP contribution in [0.25, 0.3) is 10.9 Å². The van der Waals surface area contributed by atoms with Gasteiger partial charge in [-0.05, 0) is 55.8 Å². The number of para-hydroxylation sites is 1. The molecule has 4 rings (SSSR count). The number of fused-ring (bicyclic) bond motifs is 1. The number of carbonyl (C=O) groups excluding carboxylic acids is 2. The van der Waals surface area contributed by atoms with Crippen LogP contribution in [0.5, 0.6) is 0 Å². The third-order valence-corrected chi connectivity index (χ3v) is 4.96. The second-order valence-corrected chi connectivity index (χ2v) is 7.20. The lowest BCUT2D eigenvalue weighted by Crippen LogP contribution is -2.45. The molecule has 0 radical (unpaired) electrons. The number of nitrogens with one attached hydrogen (secondary N) is 3. The summed E-state index contributed by atoms with van der Waals surface area (Å²) in [7, 11) is 0. The molecule has 0 saturated carbocycles. The number of primary amides is 1. The standard InChI is InChI=1S/C13H15F3N2O.C9H8N2O/c14-13(15,16)10-5-3-9(4-6-10)12(19)18-11-2-1-7-17-8-11;10-9(12)7-3-1-2-6-4-5-11-8(6)7/h3-6,11,17H,1-2,7-8H2,(H,18,19);1-5,11H,(H2,10,12). The molecule has 1 aliphatic rings. The van der Waals surface area contributed by atoms with Crippen molar-refractivity contribution in [1.82, 2.24) is 15.6 Å². The topological polar surface area (TPSA) is 100 Å². The number of piperidine rings is 1. The normalized spacial score (nSPS) is 16.3. The van der Waals surface area contributed by atoms with Crippen LogP contribution in [-0.2, 0) is 6.18 Å². The summed E-state index contributed by atoms with van der Waals surface area (Å²) in [6.45, 7) is 1.64. The molecule has 0 aliphatic carbocycles. The zero-order valence-corrected chi connectivity index (χ0v) is 16.6. The smallest absolute Gasteiger partial charge is 0.366 e. The molecule has 1 fully saturated rings. The quantitative estimate of drug-likeness (QED) is 0.510. The highest BCUT2D eigenvalue weighted by Gasteiger charge is 2.30. The molecule has 164 valence electrons. The minimum atomic E-state index is -4.37. The van der Waals surface area contributed by atoms with Crippen molar-refractivity contribution >= 4 is 22.7 Å². The molecule has 1 unspecified atom stereocenters. The Morgan fingerprint density at radius 1 is 1.06 bits per heavy atom. The Labute approximate surface area is 177 Å². The van der Waals surface area contributed by atoms with E-state index in [4.69, 9.17) is 5.73 Å². The SMILES string of the molecule is NC(=O)c1cccc2cc[nH]c12.O=C(NC1CCCNC1)c1ccc(C(F)(F)F)cc1. The molecule has 1 atom stereocenters. The summed E-state index contributed by atoms with van der Waals surface area (Å²) < 4.78 is 37.2. The van der Waals surface area contributed by atoms with Crippen LogP contribution in [0.15, 0.2) is 54.7 Å². The maximum absolute atomic E-state index is 12.4. The molecule has 31 heavy (non-hydrogen) atoms. The number of alkyl halides is 3. The lowest BCUT2D eigenvalue weighted by molar-refractivity contribution is -0.137. The van der Waals surface area contributed by atoms with Crippen molar-refractivity contribution < 1.29 is 22.8 Å². The number of nitrogens with two attached hydrogens (primary N) is 1. The third kappa shape index (κ3) is 5.85. The van der Waals surface area contributed by atoms with Crippen LogP contribution < -0.4 is 16.4 Å². The molecule has 0 spiro atoms. The van der Waals surface area contributed by atoms with Crippen molar-refractivity contribution in [3.63, 3.8) is 0 Å². The van der Waals surface area contributed by atoms with Gasteiger partial charge in [0.15, 0.2) is 0 Å². The number of benzene rings is 2.